The van der Waals surface area contributed by atoms with Crippen LogP contribution >= 0.6 is 0 Å². The topological polar surface area (TPSA) is 68.2 Å². The van der Waals surface area contributed by atoms with Gasteiger partial charge in [-0.1, -0.05) is 19.1 Å². The van der Waals surface area contributed by atoms with Crippen molar-refractivity contribution in [2.45, 2.75) is 13.3 Å². The van der Waals surface area contributed by atoms with Crippen molar-refractivity contribution in [1.29, 1.82) is 0 Å². The molecule has 1 heterocycles. The summed E-state index contributed by atoms with van der Waals surface area (Å²) in [5.41, 5.74) is 7.11. The van der Waals surface area contributed by atoms with Crippen LogP contribution in [-0.2, 0) is 6.42 Å². The Labute approximate surface area is 98.9 Å². The Hall–Kier alpha value is -2.23. The summed E-state index contributed by atoms with van der Waals surface area (Å²) in [4.78, 5) is 11.9. The highest BCUT2D eigenvalue weighted by Crippen LogP contribution is 2.21. The highest BCUT2D eigenvalue weighted by atomic mass is 16.3. The first kappa shape index (κ1) is 11.3. The highest BCUT2D eigenvalue weighted by molar-refractivity contribution is 5.49. The van der Waals surface area contributed by atoms with E-state index in [1.54, 1.807) is 30.3 Å². The summed E-state index contributed by atoms with van der Waals surface area (Å²) >= 11 is 0. The smallest absolute Gasteiger partial charge is 0.257 e. The zero-order valence-corrected chi connectivity index (χ0v) is 9.55. The summed E-state index contributed by atoms with van der Waals surface area (Å²) in [6.07, 6.45) is 0.661. The molecule has 0 aliphatic heterocycles. The van der Waals surface area contributed by atoms with Gasteiger partial charge >= 0.3 is 0 Å². The minimum atomic E-state index is -0.233. The summed E-state index contributed by atoms with van der Waals surface area (Å²) in [6, 6.07) is 9.84. The van der Waals surface area contributed by atoms with E-state index in [0.717, 1.165) is 5.69 Å². The van der Waals surface area contributed by atoms with Crippen molar-refractivity contribution in [3.05, 3.63) is 52.4 Å². The van der Waals surface area contributed by atoms with E-state index >= 15 is 0 Å². The van der Waals surface area contributed by atoms with Crippen LogP contribution in [0.1, 0.15) is 12.6 Å². The number of nitrogens with two attached hydrogens (primary N) is 1. The average molecular weight is 230 g/mol. The minimum absolute atomic E-state index is 0.0778. The summed E-state index contributed by atoms with van der Waals surface area (Å²) in [6.45, 7) is 1.94. The first-order chi connectivity index (χ1) is 8.13. The lowest BCUT2D eigenvalue weighted by molar-refractivity contribution is 0.471. The number of hydrogen-bond acceptors (Lipinski definition) is 3. The molecule has 0 saturated heterocycles. The number of aryl methyl sites for hydroxylation is 1. The van der Waals surface area contributed by atoms with Crippen molar-refractivity contribution in [3.8, 4) is 11.4 Å². The molecule has 0 amide bonds. The molecule has 88 valence electrons. The predicted octanol–water partition coefficient (Wildman–Crippen LogP) is 1.69. The van der Waals surface area contributed by atoms with E-state index in [-0.39, 0.29) is 11.3 Å². The predicted molar refractivity (Wildman–Crippen MR) is 67.5 cm³/mol. The second kappa shape index (κ2) is 4.33. The molecule has 17 heavy (non-hydrogen) atoms. The second-order valence-electron chi connectivity index (χ2n) is 3.80. The lowest BCUT2D eigenvalue weighted by Gasteiger charge is -2.13. The van der Waals surface area contributed by atoms with Crippen molar-refractivity contribution in [1.82, 2.24) is 4.57 Å². The number of anilines is 1. The van der Waals surface area contributed by atoms with E-state index in [4.69, 9.17) is 5.73 Å². The Bertz CT molecular complexity index is 603. The van der Waals surface area contributed by atoms with Crippen LogP contribution in [0.15, 0.2) is 41.2 Å². The van der Waals surface area contributed by atoms with Crippen molar-refractivity contribution in [3.63, 3.8) is 0 Å². The van der Waals surface area contributed by atoms with E-state index in [2.05, 4.69) is 0 Å². The molecule has 1 aromatic carbocycles. The van der Waals surface area contributed by atoms with Gasteiger partial charge in [-0.3, -0.25) is 9.36 Å². The zero-order valence-electron chi connectivity index (χ0n) is 9.55. The number of para-hydroxylation sites is 2. The first-order valence-corrected chi connectivity index (χ1v) is 5.43. The van der Waals surface area contributed by atoms with Crippen molar-refractivity contribution in [2.75, 3.05) is 5.73 Å². The average Bonchev–Trinajstić information content (AvgIpc) is 2.29. The van der Waals surface area contributed by atoms with Gasteiger partial charge in [0.25, 0.3) is 5.56 Å². The first-order valence-electron chi connectivity index (χ1n) is 5.43. The Morgan fingerprint density at radius 2 is 2.00 bits per heavy atom. The maximum absolute atomic E-state index is 11.9. The fourth-order valence-corrected chi connectivity index (χ4v) is 1.83. The lowest BCUT2D eigenvalue weighted by Crippen LogP contribution is -2.21. The van der Waals surface area contributed by atoms with Crippen LogP contribution < -0.4 is 11.3 Å². The van der Waals surface area contributed by atoms with Gasteiger partial charge in [-0.25, -0.2) is 0 Å². The maximum Gasteiger partial charge on any atom is 0.257 e. The van der Waals surface area contributed by atoms with Crippen LogP contribution in [0.25, 0.3) is 5.69 Å². The SMILES string of the molecule is CCc1cc(N)cc(=O)n1-c1ccccc1O. The monoisotopic (exact) mass is 230 g/mol. The van der Waals surface area contributed by atoms with Gasteiger partial charge in [-0.2, -0.15) is 0 Å². The van der Waals surface area contributed by atoms with Gasteiger partial charge < -0.3 is 10.8 Å². The van der Waals surface area contributed by atoms with Crippen molar-refractivity contribution < 1.29 is 5.11 Å². The zero-order chi connectivity index (χ0) is 12.4. The number of nitrogens with zero attached hydrogens (tertiary/aromatic N) is 1. The molecular formula is C13H14N2O2. The summed E-state index contributed by atoms with van der Waals surface area (Å²) < 4.78 is 1.48. The van der Waals surface area contributed by atoms with E-state index in [9.17, 15) is 9.90 Å². The fraction of sp³-hybridized carbons (Fsp3) is 0.154. The standard InChI is InChI=1S/C13H14N2O2/c1-2-10-7-9(14)8-13(17)15(10)11-5-3-4-6-12(11)16/h3-8,16H,2,14H2,1H3. The molecular weight excluding hydrogens is 216 g/mol. The molecule has 0 atom stereocenters. The molecule has 0 bridgehead atoms. The Kier molecular flexibility index (Phi) is 2.87. The molecule has 2 rings (SSSR count). The molecule has 0 radical (unpaired) electrons. The van der Waals surface area contributed by atoms with Gasteiger partial charge in [0.15, 0.2) is 0 Å². The van der Waals surface area contributed by atoms with Crippen LogP contribution in [0, 0.1) is 0 Å². The molecule has 2 aromatic rings. The number of pyridine rings is 1. The summed E-state index contributed by atoms with van der Waals surface area (Å²) in [5, 5.41) is 9.79. The van der Waals surface area contributed by atoms with E-state index in [0.29, 0.717) is 17.8 Å². The normalized spacial score (nSPS) is 10.4. The molecule has 4 nitrogen and oxygen atoms in total. The van der Waals surface area contributed by atoms with Crippen molar-refractivity contribution in [2.24, 2.45) is 0 Å². The summed E-state index contributed by atoms with van der Waals surface area (Å²) in [7, 11) is 0. The summed E-state index contributed by atoms with van der Waals surface area (Å²) in [5.74, 6) is 0.0778. The number of hydrogen-bond donors (Lipinski definition) is 2. The van der Waals surface area contributed by atoms with Gasteiger partial charge in [0.1, 0.15) is 5.75 Å². The van der Waals surface area contributed by atoms with Gasteiger partial charge in [0.2, 0.25) is 0 Å². The minimum Gasteiger partial charge on any atom is -0.506 e. The third kappa shape index (κ3) is 2.01. The third-order valence-electron chi connectivity index (χ3n) is 2.62. The third-order valence-corrected chi connectivity index (χ3v) is 2.62. The highest BCUT2D eigenvalue weighted by Gasteiger charge is 2.09. The van der Waals surface area contributed by atoms with E-state index in [1.165, 1.54) is 10.6 Å². The molecule has 0 spiro atoms. The molecule has 4 heteroatoms. The van der Waals surface area contributed by atoms with E-state index < -0.39 is 0 Å². The van der Waals surface area contributed by atoms with Gasteiger partial charge in [0.05, 0.1) is 5.69 Å². The molecule has 0 fully saturated rings. The number of aromatic hydroxyl groups is 1. The van der Waals surface area contributed by atoms with Gasteiger partial charge in [-0.05, 0) is 24.6 Å². The van der Waals surface area contributed by atoms with Crippen molar-refractivity contribution >= 4 is 5.69 Å². The molecule has 0 unspecified atom stereocenters. The Balaban J connectivity index is 2.76. The Morgan fingerprint density at radius 1 is 1.29 bits per heavy atom. The van der Waals surface area contributed by atoms with Gasteiger partial charge in [-0.15, -0.1) is 0 Å². The maximum atomic E-state index is 11.9. The number of benzene rings is 1. The second-order valence-corrected chi connectivity index (χ2v) is 3.80. The van der Waals surface area contributed by atoms with Crippen LogP contribution in [0.3, 0.4) is 0 Å². The Morgan fingerprint density at radius 3 is 2.65 bits per heavy atom. The molecule has 0 saturated carbocycles. The number of nitrogen functional groups attached to an aromatic ring is 1. The number of rotatable bonds is 2. The molecule has 0 aliphatic carbocycles. The van der Waals surface area contributed by atoms with Gasteiger partial charge in [0, 0.05) is 17.4 Å². The quantitative estimate of drug-likeness (QED) is 0.824. The van der Waals surface area contributed by atoms with Crippen LogP contribution in [0.2, 0.25) is 0 Å². The molecule has 1 aromatic heterocycles. The van der Waals surface area contributed by atoms with E-state index in [1.807, 2.05) is 6.92 Å². The number of aromatic nitrogens is 1. The number of phenolic OH excluding ortho intramolecular Hbond substituents is 1. The molecule has 0 aliphatic rings. The number of phenols is 1. The molecule has 3 N–H and O–H groups in total. The van der Waals surface area contributed by atoms with Crippen LogP contribution in [0.4, 0.5) is 5.69 Å². The van der Waals surface area contributed by atoms with Crippen LogP contribution in [0.5, 0.6) is 5.75 Å². The van der Waals surface area contributed by atoms with Crippen LogP contribution in [-0.4, -0.2) is 9.67 Å². The largest absolute Gasteiger partial charge is 0.506 e. The fourth-order valence-electron chi connectivity index (χ4n) is 1.83. The lowest BCUT2D eigenvalue weighted by atomic mass is 10.2.